The fraction of sp³-hybridized carbons (Fsp3) is 0.520. The van der Waals surface area contributed by atoms with Crippen LogP contribution in [0.2, 0.25) is 0 Å². The van der Waals surface area contributed by atoms with Crippen LogP contribution in [-0.4, -0.2) is 46.5 Å². The minimum Gasteiger partial charge on any atom is -0.394 e. The smallest absolute Gasteiger partial charge is 0.391 e. The number of benzene rings is 1. The number of aromatic nitrogens is 1. The third-order valence-corrected chi connectivity index (χ3v) is 7.67. The second-order valence-electron chi connectivity index (χ2n) is 9.24. The molecule has 184 valence electrons. The Morgan fingerprint density at radius 2 is 1.91 bits per heavy atom. The Bertz CT molecular complexity index is 992. The molecule has 1 fully saturated rings. The number of thioether (sulfide) groups is 1. The van der Waals surface area contributed by atoms with Crippen molar-refractivity contribution >= 4 is 17.7 Å². The van der Waals surface area contributed by atoms with Crippen LogP contribution in [-0.2, 0) is 13.1 Å². The molecule has 1 aromatic carbocycles. The first-order valence-corrected chi connectivity index (χ1v) is 12.8. The summed E-state index contributed by atoms with van der Waals surface area (Å²) >= 11 is 1.62. The lowest BCUT2D eigenvalue weighted by Crippen LogP contribution is -2.32. The molecule has 1 unspecified atom stereocenters. The second kappa shape index (κ2) is 10.7. The molecule has 1 atom stereocenters. The van der Waals surface area contributed by atoms with Crippen LogP contribution in [0, 0.1) is 11.8 Å². The summed E-state index contributed by atoms with van der Waals surface area (Å²) in [5.41, 5.74) is 3.15. The zero-order valence-corrected chi connectivity index (χ0v) is 20.0. The fourth-order valence-corrected chi connectivity index (χ4v) is 5.34. The molecule has 1 aliphatic heterocycles. The molecule has 1 aromatic heterocycles. The molecule has 0 saturated heterocycles. The molecular formula is C25H30F3N3O2S. The van der Waals surface area contributed by atoms with E-state index in [0.717, 1.165) is 28.3 Å². The average Bonchev–Trinajstić information content (AvgIpc) is 3.23. The van der Waals surface area contributed by atoms with E-state index in [1.165, 1.54) is 0 Å². The molecule has 1 aliphatic carbocycles. The number of nitrogens with zero attached hydrogens (tertiary/aromatic N) is 2. The van der Waals surface area contributed by atoms with Gasteiger partial charge in [-0.1, -0.05) is 12.1 Å². The Kier molecular flexibility index (Phi) is 7.84. The summed E-state index contributed by atoms with van der Waals surface area (Å²) in [5.74, 6) is -1.20. The first-order chi connectivity index (χ1) is 16.3. The van der Waals surface area contributed by atoms with Gasteiger partial charge in [-0.2, -0.15) is 13.2 Å². The number of pyridine rings is 1. The summed E-state index contributed by atoms with van der Waals surface area (Å²) in [7, 11) is 0. The largest absolute Gasteiger partial charge is 0.394 e. The van der Waals surface area contributed by atoms with Gasteiger partial charge in [-0.15, -0.1) is 11.8 Å². The number of rotatable bonds is 7. The highest BCUT2D eigenvalue weighted by molar-refractivity contribution is 7.98. The minimum absolute atomic E-state index is 0.212. The van der Waals surface area contributed by atoms with Crippen LogP contribution in [0.4, 0.5) is 13.2 Å². The lowest BCUT2D eigenvalue weighted by molar-refractivity contribution is -0.184. The third kappa shape index (κ3) is 5.93. The van der Waals surface area contributed by atoms with Gasteiger partial charge in [0, 0.05) is 30.7 Å². The van der Waals surface area contributed by atoms with E-state index in [0.29, 0.717) is 31.5 Å². The number of fused-ring (bicyclic) bond motifs is 1. The van der Waals surface area contributed by atoms with E-state index in [-0.39, 0.29) is 31.3 Å². The van der Waals surface area contributed by atoms with Crippen LogP contribution < -0.4 is 5.32 Å². The first kappa shape index (κ1) is 25.0. The van der Waals surface area contributed by atoms with E-state index in [1.807, 2.05) is 36.6 Å². The van der Waals surface area contributed by atoms with Gasteiger partial charge in [0.15, 0.2) is 0 Å². The van der Waals surface area contributed by atoms with E-state index in [4.69, 9.17) is 0 Å². The van der Waals surface area contributed by atoms with Crippen molar-refractivity contribution in [3.63, 3.8) is 0 Å². The summed E-state index contributed by atoms with van der Waals surface area (Å²) in [6.07, 6.45) is 1.07. The van der Waals surface area contributed by atoms with E-state index in [2.05, 4.69) is 15.2 Å². The molecule has 2 aromatic rings. The Labute approximate surface area is 202 Å². The molecule has 2 N–H and O–H groups in total. The zero-order chi connectivity index (χ0) is 24.3. The second-order valence-corrected chi connectivity index (χ2v) is 10.1. The van der Waals surface area contributed by atoms with Crippen molar-refractivity contribution in [3.8, 4) is 0 Å². The topological polar surface area (TPSA) is 65.5 Å². The van der Waals surface area contributed by atoms with Crippen LogP contribution >= 0.6 is 11.8 Å². The van der Waals surface area contributed by atoms with E-state index in [9.17, 15) is 23.1 Å². The molecule has 4 rings (SSSR count). The van der Waals surface area contributed by atoms with Crippen molar-refractivity contribution in [3.05, 3.63) is 58.9 Å². The molecule has 0 spiro atoms. The van der Waals surface area contributed by atoms with Gasteiger partial charge in [-0.05, 0) is 67.2 Å². The molecular weight excluding hydrogens is 463 g/mol. The minimum atomic E-state index is -4.08. The lowest BCUT2D eigenvalue weighted by Gasteiger charge is -2.32. The van der Waals surface area contributed by atoms with Crippen molar-refractivity contribution in [2.24, 2.45) is 11.8 Å². The van der Waals surface area contributed by atoms with Gasteiger partial charge in [-0.3, -0.25) is 14.7 Å². The summed E-state index contributed by atoms with van der Waals surface area (Å²) < 4.78 is 38.8. The Hall–Kier alpha value is -2.10. The zero-order valence-electron chi connectivity index (χ0n) is 19.1. The average molecular weight is 494 g/mol. The number of carbonyl (C=O) groups is 1. The van der Waals surface area contributed by atoms with Crippen molar-refractivity contribution in [1.82, 2.24) is 15.2 Å². The first-order valence-electron chi connectivity index (χ1n) is 11.6. The van der Waals surface area contributed by atoms with E-state index >= 15 is 0 Å². The Morgan fingerprint density at radius 3 is 2.53 bits per heavy atom. The highest BCUT2D eigenvalue weighted by Crippen LogP contribution is 2.40. The maximum absolute atomic E-state index is 12.9. The van der Waals surface area contributed by atoms with Crippen LogP contribution in [0.25, 0.3) is 0 Å². The van der Waals surface area contributed by atoms with Gasteiger partial charge in [-0.25, -0.2) is 0 Å². The summed E-state index contributed by atoms with van der Waals surface area (Å²) in [5, 5.41) is 12.7. The normalized spacial score (nSPS) is 21.8. The maximum atomic E-state index is 12.9. The van der Waals surface area contributed by atoms with Crippen molar-refractivity contribution in [2.75, 3.05) is 19.4 Å². The number of amides is 1. The predicted molar refractivity (Wildman–Crippen MR) is 125 cm³/mol. The molecule has 9 heteroatoms. The van der Waals surface area contributed by atoms with Crippen LogP contribution in [0.1, 0.15) is 58.9 Å². The van der Waals surface area contributed by atoms with Gasteiger partial charge in [0.25, 0.3) is 5.91 Å². The highest BCUT2D eigenvalue weighted by atomic mass is 32.2. The molecule has 0 radical (unpaired) electrons. The van der Waals surface area contributed by atoms with E-state index < -0.39 is 18.1 Å². The van der Waals surface area contributed by atoms with Gasteiger partial charge in [0.05, 0.1) is 29.8 Å². The number of hydrogen-bond acceptors (Lipinski definition) is 5. The molecule has 1 amide bonds. The van der Waals surface area contributed by atoms with Gasteiger partial charge in [0.1, 0.15) is 0 Å². The Balaban J connectivity index is 1.33. The summed E-state index contributed by atoms with van der Waals surface area (Å²) in [6, 6.07) is 9.03. The fourth-order valence-electron chi connectivity index (χ4n) is 4.93. The van der Waals surface area contributed by atoms with Crippen molar-refractivity contribution in [2.45, 2.75) is 55.9 Å². The van der Waals surface area contributed by atoms with E-state index in [1.54, 1.807) is 18.0 Å². The quantitative estimate of drug-likeness (QED) is 0.535. The number of aliphatic hydroxyl groups is 1. The van der Waals surface area contributed by atoms with Crippen LogP contribution in [0.15, 0.2) is 41.4 Å². The van der Waals surface area contributed by atoms with Crippen molar-refractivity contribution < 1.29 is 23.1 Å². The van der Waals surface area contributed by atoms with Crippen LogP contribution in [0.3, 0.4) is 0 Å². The SMILES string of the molecule is CSc1ccc(C(CO)NC(=O)c2cnc3c(c2)CN(CC2CCC(C(F)(F)F)CC2)C3)cc1. The van der Waals surface area contributed by atoms with Gasteiger partial charge < -0.3 is 10.4 Å². The number of aliphatic hydroxyl groups excluding tert-OH is 1. The summed E-state index contributed by atoms with van der Waals surface area (Å²) in [6.45, 7) is 1.83. The number of hydrogen-bond donors (Lipinski definition) is 2. The number of carbonyl (C=O) groups excluding carboxylic acids is 1. The molecule has 34 heavy (non-hydrogen) atoms. The van der Waals surface area contributed by atoms with Gasteiger partial charge in [0.2, 0.25) is 0 Å². The Morgan fingerprint density at radius 1 is 1.21 bits per heavy atom. The molecule has 5 nitrogen and oxygen atoms in total. The number of nitrogens with one attached hydrogen (secondary N) is 1. The number of alkyl halides is 3. The number of halogens is 3. The predicted octanol–water partition coefficient (Wildman–Crippen LogP) is 4.95. The van der Waals surface area contributed by atoms with Crippen LogP contribution in [0.5, 0.6) is 0 Å². The maximum Gasteiger partial charge on any atom is 0.391 e. The van der Waals surface area contributed by atoms with Crippen molar-refractivity contribution in [1.29, 1.82) is 0 Å². The lowest BCUT2D eigenvalue weighted by atomic mass is 9.81. The summed E-state index contributed by atoms with van der Waals surface area (Å²) in [4.78, 5) is 20.6. The monoisotopic (exact) mass is 493 g/mol. The molecule has 2 aliphatic rings. The molecule has 0 bridgehead atoms. The highest BCUT2D eigenvalue weighted by Gasteiger charge is 2.41. The van der Waals surface area contributed by atoms with Gasteiger partial charge >= 0.3 is 6.18 Å². The molecule has 2 heterocycles. The molecule has 1 saturated carbocycles. The standard InChI is InChI=1S/C25H30F3N3O2S/c1-34-21-8-4-17(5-9-21)23(15-32)30-24(33)18-10-19-13-31(14-22(19)29-11-18)12-16-2-6-20(7-3-16)25(26,27)28/h4-5,8-11,16,20,23,32H,2-3,6-7,12-15H2,1H3,(H,30,33). The third-order valence-electron chi connectivity index (χ3n) is 6.92.